The van der Waals surface area contributed by atoms with Gasteiger partial charge in [0.25, 0.3) is 0 Å². The van der Waals surface area contributed by atoms with Crippen LogP contribution >= 0.6 is 0 Å². The first-order valence-corrected chi connectivity index (χ1v) is 7.38. The van der Waals surface area contributed by atoms with E-state index in [4.69, 9.17) is 4.98 Å². The lowest BCUT2D eigenvalue weighted by Gasteiger charge is -2.24. The van der Waals surface area contributed by atoms with Gasteiger partial charge in [-0.15, -0.1) is 0 Å². The number of para-hydroxylation sites is 1. The van der Waals surface area contributed by atoms with Crippen LogP contribution in [0.4, 0.5) is 17.3 Å². The minimum Gasteiger partial charge on any atom is -0.370 e. The largest absolute Gasteiger partial charge is 0.370 e. The van der Waals surface area contributed by atoms with Gasteiger partial charge in [0.2, 0.25) is 0 Å². The molecule has 0 fully saturated rings. The molecule has 1 aromatic heterocycles. The van der Waals surface area contributed by atoms with Gasteiger partial charge in [0, 0.05) is 18.8 Å². The Morgan fingerprint density at radius 2 is 1.80 bits per heavy atom. The molecule has 20 heavy (non-hydrogen) atoms. The number of unbranched alkanes of at least 4 members (excludes halogenated alkanes) is 1. The molecule has 1 N–H and O–H groups in total. The summed E-state index contributed by atoms with van der Waals surface area (Å²) in [7, 11) is 0. The van der Waals surface area contributed by atoms with Gasteiger partial charge >= 0.3 is 0 Å². The van der Waals surface area contributed by atoms with E-state index in [2.05, 4.69) is 60.5 Å². The van der Waals surface area contributed by atoms with Gasteiger partial charge in [0.1, 0.15) is 11.6 Å². The van der Waals surface area contributed by atoms with Crippen molar-refractivity contribution in [2.75, 3.05) is 23.3 Å². The van der Waals surface area contributed by atoms with Crippen molar-refractivity contribution >= 4 is 17.3 Å². The van der Waals surface area contributed by atoms with Crippen molar-refractivity contribution in [2.45, 2.75) is 26.7 Å². The zero-order valence-electron chi connectivity index (χ0n) is 12.3. The van der Waals surface area contributed by atoms with Crippen molar-refractivity contribution in [3.8, 4) is 0 Å². The molecule has 0 radical (unpaired) electrons. The van der Waals surface area contributed by atoms with Gasteiger partial charge < -0.3 is 10.2 Å². The Kier molecular flexibility index (Phi) is 5.42. The summed E-state index contributed by atoms with van der Waals surface area (Å²) in [4.78, 5) is 6.99. The number of benzene rings is 1. The van der Waals surface area contributed by atoms with Gasteiger partial charge in [0.05, 0.1) is 0 Å². The number of aromatic nitrogens is 1. The van der Waals surface area contributed by atoms with Gasteiger partial charge in [-0.05, 0) is 37.6 Å². The molecule has 106 valence electrons. The van der Waals surface area contributed by atoms with Crippen LogP contribution < -0.4 is 10.2 Å². The van der Waals surface area contributed by atoms with Gasteiger partial charge in [-0.2, -0.15) is 0 Å². The Morgan fingerprint density at radius 3 is 2.50 bits per heavy atom. The lowest BCUT2D eigenvalue weighted by Crippen LogP contribution is -2.19. The van der Waals surface area contributed by atoms with E-state index >= 15 is 0 Å². The van der Waals surface area contributed by atoms with E-state index < -0.39 is 0 Å². The fourth-order valence-electron chi connectivity index (χ4n) is 2.15. The lowest BCUT2D eigenvalue weighted by atomic mass is 10.2. The standard InChI is InChI=1S/C17H23N3/c1-3-5-14-20(15-10-7-6-8-11-15)17-13-9-12-16(19-17)18-4-2/h6-13H,3-5,14H2,1-2H3,(H,18,19). The second-order valence-electron chi connectivity index (χ2n) is 4.75. The second-order valence-corrected chi connectivity index (χ2v) is 4.75. The molecule has 0 saturated heterocycles. The van der Waals surface area contributed by atoms with Gasteiger partial charge in [0.15, 0.2) is 0 Å². The summed E-state index contributed by atoms with van der Waals surface area (Å²) in [5.74, 6) is 1.94. The third-order valence-electron chi connectivity index (χ3n) is 3.17. The molecule has 0 aliphatic heterocycles. The second kappa shape index (κ2) is 7.53. The highest BCUT2D eigenvalue weighted by atomic mass is 15.2. The molecular weight excluding hydrogens is 246 g/mol. The van der Waals surface area contributed by atoms with Crippen molar-refractivity contribution < 1.29 is 0 Å². The number of anilines is 3. The molecule has 3 nitrogen and oxygen atoms in total. The number of rotatable bonds is 7. The van der Waals surface area contributed by atoms with Crippen molar-refractivity contribution in [3.05, 3.63) is 48.5 Å². The highest BCUT2D eigenvalue weighted by Crippen LogP contribution is 2.24. The number of hydrogen-bond donors (Lipinski definition) is 1. The first-order chi connectivity index (χ1) is 9.85. The minimum absolute atomic E-state index is 0.886. The molecule has 0 spiro atoms. The topological polar surface area (TPSA) is 28.2 Å². The van der Waals surface area contributed by atoms with Crippen LogP contribution in [0.15, 0.2) is 48.5 Å². The van der Waals surface area contributed by atoms with E-state index in [1.54, 1.807) is 0 Å². The van der Waals surface area contributed by atoms with E-state index in [1.807, 2.05) is 12.1 Å². The van der Waals surface area contributed by atoms with Crippen LogP contribution in [0.1, 0.15) is 26.7 Å². The summed E-state index contributed by atoms with van der Waals surface area (Å²) in [6, 6.07) is 16.6. The maximum absolute atomic E-state index is 4.71. The monoisotopic (exact) mass is 269 g/mol. The fourth-order valence-corrected chi connectivity index (χ4v) is 2.15. The first-order valence-electron chi connectivity index (χ1n) is 7.38. The van der Waals surface area contributed by atoms with Crippen molar-refractivity contribution in [2.24, 2.45) is 0 Å². The summed E-state index contributed by atoms with van der Waals surface area (Å²) in [5, 5.41) is 3.27. The van der Waals surface area contributed by atoms with E-state index in [9.17, 15) is 0 Å². The summed E-state index contributed by atoms with van der Waals surface area (Å²) < 4.78 is 0. The molecule has 0 bridgehead atoms. The molecule has 2 aromatic rings. The lowest BCUT2D eigenvalue weighted by molar-refractivity contribution is 0.779. The summed E-state index contributed by atoms with van der Waals surface area (Å²) in [6.07, 6.45) is 2.33. The van der Waals surface area contributed by atoms with Crippen LogP contribution in [0.5, 0.6) is 0 Å². The Hall–Kier alpha value is -2.03. The number of hydrogen-bond acceptors (Lipinski definition) is 3. The molecule has 3 heteroatoms. The maximum atomic E-state index is 4.71. The fraction of sp³-hybridized carbons (Fsp3) is 0.353. The van der Waals surface area contributed by atoms with E-state index in [0.717, 1.165) is 31.1 Å². The predicted molar refractivity (Wildman–Crippen MR) is 86.8 cm³/mol. The third-order valence-corrected chi connectivity index (χ3v) is 3.17. The minimum atomic E-state index is 0.886. The zero-order valence-corrected chi connectivity index (χ0v) is 12.3. The maximum Gasteiger partial charge on any atom is 0.135 e. The molecule has 0 unspecified atom stereocenters. The highest BCUT2D eigenvalue weighted by molar-refractivity contribution is 5.61. The summed E-state index contributed by atoms with van der Waals surface area (Å²) in [5.41, 5.74) is 1.20. The Balaban J connectivity index is 2.28. The van der Waals surface area contributed by atoms with Gasteiger partial charge in [-0.1, -0.05) is 37.6 Å². The summed E-state index contributed by atoms with van der Waals surface area (Å²) in [6.45, 7) is 6.17. The van der Waals surface area contributed by atoms with Gasteiger partial charge in [-0.25, -0.2) is 4.98 Å². The van der Waals surface area contributed by atoms with Crippen LogP contribution in [-0.4, -0.2) is 18.1 Å². The van der Waals surface area contributed by atoms with Crippen LogP contribution in [0.25, 0.3) is 0 Å². The number of pyridine rings is 1. The van der Waals surface area contributed by atoms with Crippen LogP contribution in [0, 0.1) is 0 Å². The smallest absolute Gasteiger partial charge is 0.135 e. The van der Waals surface area contributed by atoms with Crippen LogP contribution in [-0.2, 0) is 0 Å². The average molecular weight is 269 g/mol. The molecular formula is C17H23N3. The van der Waals surface area contributed by atoms with Crippen LogP contribution in [0.3, 0.4) is 0 Å². The predicted octanol–water partition coefficient (Wildman–Crippen LogP) is 4.45. The Labute approximate surface area is 121 Å². The molecule has 0 aliphatic rings. The van der Waals surface area contributed by atoms with Gasteiger partial charge in [-0.3, -0.25) is 0 Å². The zero-order chi connectivity index (χ0) is 14.2. The first kappa shape index (κ1) is 14.4. The molecule has 0 amide bonds. The Bertz CT molecular complexity index is 511. The normalized spacial score (nSPS) is 10.3. The number of nitrogens with one attached hydrogen (secondary N) is 1. The average Bonchev–Trinajstić information content (AvgIpc) is 2.50. The van der Waals surface area contributed by atoms with E-state index in [-0.39, 0.29) is 0 Å². The molecule has 0 saturated carbocycles. The number of nitrogens with zero attached hydrogens (tertiary/aromatic N) is 2. The quantitative estimate of drug-likeness (QED) is 0.804. The van der Waals surface area contributed by atoms with Crippen molar-refractivity contribution in [3.63, 3.8) is 0 Å². The van der Waals surface area contributed by atoms with Crippen molar-refractivity contribution in [1.29, 1.82) is 0 Å². The highest BCUT2D eigenvalue weighted by Gasteiger charge is 2.10. The molecule has 1 heterocycles. The van der Waals surface area contributed by atoms with Crippen LogP contribution in [0.2, 0.25) is 0 Å². The third kappa shape index (κ3) is 3.73. The van der Waals surface area contributed by atoms with E-state index in [1.165, 1.54) is 12.1 Å². The summed E-state index contributed by atoms with van der Waals surface area (Å²) >= 11 is 0. The Morgan fingerprint density at radius 1 is 1.00 bits per heavy atom. The molecule has 0 aliphatic carbocycles. The molecule has 1 aromatic carbocycles. The SMILES string of the molecule is CCCCN(c1ccccc1)c1cccc(NCC)n1. The molecule has 2 rings (SSSR count). The molecule has 0 atom stereocenters. The van der Waals surface area contributed by atoms with E-state index in [0.29, 0.717) is 0 Å². The van der Waals surface area contributed by atoms with Crippen molar-refractivity contribution in [1.82, 2.24) is 4.98 Å².